The maximum Gasteiger partial charge on any atom is 0.289 e. The Morgan fingerprint density at radius 1 is 1.47 bits per heavy atom. The zero-order valence-corrected chi connectivity index (χ0v) is 11.6. The number of halogens is 1. The van der Waals surface area contributed by atoms with Crippen molar-refractivity contribution in [3.05, 3.63) is 40.0 Å². The number of carbonyl (C=O) groups excluding carboxylic acids is 1. The standard InChI is InChI=1S/C12H11BrN4O2/c13-10-2-1-9(19-10)11(18)17-4-3-7-5-15-12(14)16-8(7)6-17/h1-2,5H,3-4,6H2,(H2,14,15,16). The van der Waals surface area contributed by atoms with Crippen LogP contribution in [-0.4, -0.2) is 27.3 Å². The average Bonchev–Trinajstić information content (AvgIpc) is 2.83. The summed E-state index contributed by atoms with van der Waals surface area (Å²) in [6.07, 6.45) is 2.45. The Balaban J connectivity index is 1.83. The molecule has 6 nitrogen and oxygen atoms in total. The Bertz CT molecular complexity index is 640. The summed E-state index contributed by atoms with van der Waals surface area (Å²) < 4.78 is 5.82. The third kappa shape index (κ3) is 2.33. The predicted octanol–water partition coefficient (Wildman–Crippen LogP) is 1.61. The third-order valence-electron chi connectivity index (χ3n) is 3.04. The maximum absolute atomic E-state index is 12.2. The highest BCUT2D eigenvalue weighted by Gasteiger charge is 2.25. The quantitative estimate of drug-likeness (QED) is 0.862. The summed E-state index contributed by atoms with van der Waals surface area (Å²) >= 11 is 3.19. The molecule has 2 aromatic heterocycles. The zero-order chi connectivity index (χ0) is 13.4. The number of anilines is 1. The van der Waals surface area contributed by atoms with Crippen LogP contribution in [0.1, 0.15) is 21.8 Å². The Morgan fingerprint density at radius 3 is 3.05 bits per heavy atom. The number of rotatable bonds is 1. The molecule has 0 spiro atoms. The van der Waals surface area contributed by atoms with Gasteiger partial charge < -0.3 is 15.1 Å². The minimum absolute atomic E-state index is 0.145. The number of fused-ring (bicyclic) bond motifs is 1. The van der Waals surface area contributed by atoms with E-state index in [1.807, 2.05) is 0 Å². The van der Waals surface area contributed by atoms with Gasteiger partial charge in [0.15, 0.2) is 10.4 Å². The van der Waals surface area contributed by atoms with Gasteiger partial charge in [0, 0.05) is 12.7 Å². The fourth-order valence-electron chi connectivity index (χ4n) is 2.08. The second-order valence-corrected chi connectivity index (χ2v) is 5.06. The van der Waals surface area contributed by atoms with Gasteiger partial charge in [-0.1, -0.05) is 0 Å². The van der Waals surface area contributed by atoms with Crippen LogP contribution in [0, 0.1) is 0 Å². The van der Waals surface area contributed by atoms with Crippen molar-refractivity contribution in [3.63, 3.8) is 0 Å². The van der Waals surface area contributed by atoms with Gasteiger partial charge in [0.2, 0.25) is 5.95 Å². The van der Waals surface area contributed by atoms with E-state index in [1.54, 1.807) is 23.2 Å². The van der Waals surface area contributed by atoms with E-state index in [-0.39, 0.29) is 11.9 Å². The number of nitrogen functional groups attached to an aromatic ring is 1. The van der Waals surface area contributed by atoms with Crippen LogP contribution in [0.2, 0.25) is 0 Å². The van der Waals surface area contributed by atoms with Gasteiger partial charge in [-0.25, -0.2) is 9.97 Å². The smallest absolute Gasteiger partial charge is 0.289 e. The second-order valence-electron chi connectivity index (χ2n) is 4.28. The number of nitrogens with zero attached hydrogens (tertiary/aromatic N) is 3. The number of furan rings is 1. The van der Waals surface area contributed by atoms with Crippen LogP contribution < -0.4 is 5.73 Å². The fraction of sp³-hybridized carbons (Fsp3) is 0.250. The monoisotopic (exact) mass is 322 g/mol. The SMILES string of the molecule is Nc1ncc2c(n1)CN(C(=O)c1ccc(Br)o1)CC2. The molecule has 0 aliphatic carbocycles. The molecule has 0 atom stereocenters. The third-order valence-corrected chi connectivity index (χ3v) is 3.46. The molecule has 2 N–H and O–H groups in total. The van der Waals surface area contributed by atoms with Crippen molar-refractivity contribution in [1.29, 1.82) is 0 Å². The van der Waals surface area contributed by atoms with Gasteiger partial charge in [0.05, 0.1) is 12.2 Å². The number of hydrogen-bond acceptors (Lipinski definition) is 5. The van der Waals surface area contributed by atoms with Crippen molar-refractivity contribution in [2.75, 3.05) is 12.3 Å². The van der Waals surface area contributed by atoms with Crippen LogP contribution in [0.25, 0.3) is 0 Å². The lowest BCUT2D eigenvalue weighted by molar-refractivity contribution is 0.0698. The predicted molar refractivity (Wildman–Crippen MR) is 71.3 cm³/mol. The first-order valence-electron chi connectivity index (χ1n) is 5.78. The van der Waals surface area contributed by atoms with Gasteiger partial charge in [-0.2, -0.15) is 0 Å². The Morgan fingerprint density at radius 2 is 2.32 bits per heavy atom. The topological polar surface area (TPSA) is 85.2 Å². The molecule has 0 bridgehead atoms. The first-order chi connectivity index (χ1) is 9.13. The summed E-state index contributed by atoms with van der Waals surface area (Å²) in [5.41, 5.74) is 7.41. The highest BCUT2D eigenvalue weighted by Crippen LogP contribution is 2.21. The van der Waals surface area contributed by atoms with E-state index in [9.17, 15) is 4.79 Å². The van der Waals surface area contributed by atoms with Gasteiger partial charge in [0.25, 0.3) is 5.91 Å². The minimum Gasteiger partial charge on any atom is -0.444 e. The molecule has 0 unspecified atom stereocenters. The van der Waals surface area contributed by atoms with Crippen molar-refractivity contribution < 1.29 is 9.21 Å². The summed E-state index contributed by atoms with van der Waals surface area (Å²) in [6.45, 7) is 1.05. The van der Waals surface area contributed by atoms with E-state index in [1.165, 1.54) is 0 Å². The van der Waals surface area contributed by atoms with Crippen molar-refractivity contribution >= 4 is 27.8 Å². The number of aromatic nitrogens is 2. The highest BCUT2D eigenvalue weighted by molar-refractivity contribution is 9.10. The summed E-state index contributed by atoms with van der Waals surface area (Å²) in [6, 6.07) is 3.35. The largest absolute Gasteiger partial charge is 0.444 e. The van der Waals surface area contributed by atoms with Crippen LogP contribution in [0.4, 0.5) is 5.95 Å². The lowest BCUT2D eigenvalue weighted by Gasteiger charge is -2.27. The molecule has 1 aliphatic heterocycles. The van der Waals surface area contributed by atoms with Gasteiger partial charge in [-0.05, 0) is 40.0 Å². The average molecular weight is 323 g/mol. The Kier molecular flexibility index (Phi) is 2.98. The van der Waals surface area contributed by atoms with Gasteiger partial charge in [-0.3, -0.25) is 4.79 Å². The van der Waals surface area contributed by atoms with Crippen LogP contribution in [0.15, 0.2) is 27.4 Å². The van der Waals surface area contributed by atoms with Crippen LogP contribution in [0.5, 0.6) is 0 Å². The number of hydrogen-bond donors (Lipinski definition) is 1. The van der Waals surface area contributed by atoms with Crippen molar-refractivity contribution in [2.45, 2.75) is 13.0 Å². The van der Waals surface area contributed by atoms with E-state index in [2.05, 4.69) is 25.9 Å². The molecule has 0 radical (unpaired) electrons. The van der Waals surface area contributed by atoms with E-state index in [4.69, 9.17) is 10.2 Å². The summed E-state index contributed by atoms with van der Waals surface area (Å²) in [5, 5.41) is 0. The molecule has 3 rings (SSSR count). The zero-order valence-electron chi connectivity index (χ0n) is 9.97. The van der Waals surface area contributed by atoms with Crippen molar-refractivity contribution in [2.24, 2.45) is 0 Å². The van der Waals surface area contributed by atoms with E-state index in [0.717, 1.165) is 17.7 Å². The summed E-state index contributed by atoms with van der Waals surface area (Å²) in [7, 11) is 0. The van der Waals surface area contributed by atoms with Gasteiger partial charge in [-0.15, -0.1) is 0 Å². The second kappa shape index (κ2) is 4.65. The van der Waals surface area contributed by atoms with Crippen LogP contribution in [0.3, 0.4) is 0 Å². The van der Waals surface area contributed by atoms with E-state index in [0.29, 0.717) is 23.5 Å². The first kappa shape index (κ1) is 12.2. The van der Waals surface area contributed by atoms with Crippen LogP contribution >= 0.6 is 15.9 Å². The normalized spacial score (nSPS) is 14.3. The molecule has 1 aliphatic rings. The van der Waals surface area contributed by atoms with E-state index < -0.39 is 0 Å². The summed E-state index contributed by atoms with van der Waals surface area (Å²) in [5.74, 6) is 0.402. The first-order valence-corrected chi connectivity index (χ1v) is 6.57. The molecule has 1 amide bonds. The lowest BCUT2D eigenvalue weighted by atomic mass is 10.1. The molecular formula is C12H11BrN4O2. The van der Waals surface area contributed by atoms with Crippen molar-refractivity contribution in [3.8, 4) is 0 Å². The number of amides is 1. The molecule has 0 fully saturated rings. The van der Waals surface area contributed by atoms with Crippen molar-refractivity contribution in [1.82, 2.24) is 14.9 Å². The molecule has 19 heavy (non-hydrogen) atoms. The molecule has 0 saturated heterocycles. The van der Waals surface area contributed by atoms with Gasteiger partial charge in [0.1, 0.15) is 0 Å². The van der Waals surface area contributed by atoms with Crippen LogP contribution in [-0.2, 0) is 13.0 Å². The molecule has 7 heteroatoms. The lowest BCUT2D eigenvalue weighted by Crippen LogP contribution is -2.36. The highest BCUT2D eigenvalue weighted by atomic mass is 79.9. The molecule has 2 aromatic rings. The minimum atomic E-state index is -0.145. The fourth-order valence-corrected chi connectivity index (χ4v) is 2.38. The van der Waals surface area contributed by atoms with E-state index >= 15 is 0 Å². The maximum atomic E-state index is 12.2. The Labute approximate surface area is 117 Å². The summed E-state index contributed by atoms with van der Waals surface area (Å²) in [4.78, 5) is 22.1. The molecular weight excluding hydrogens is 312 g/mol. The molecule has 0 saturated carbocycles. The Hall–Kier alpha value is -1.89. The van der Waals surface area contributed by atoms with Gasteiger partial charge >= 0.3 is 0 Å². The number of carbonyl (C=O) groups is 1. The molecule has 0 aromatic carbocycles. The number of nitrogens with two attached hydrogens (primary N) is 1. The molecule has 3 heterocycles. The molecule has 98 valence electrons.